The van der Waals surface area contributed by atoms with Crippen LogP contribution in [0.3, 0.4) is 0 Å². The maximum atomic E-state index is 4.91. The van der Waals surface area contributed by atoms with Crippen molar-refractivity contribution < 1.29 is 0 Å². The molecule has 0 atom stereocenters. The Labute approximate surface area is 212 Å². The first-order valence-electron chi connectivity index (χ1n) is 12.7. The zero-order valence-corrected chi connectivity index (χ0v) is 19.9. The molecule has 0 radical (unpaired) electrons. The van der Waals surface area contributed by atoms with Crippen molar-refractivity contribution in [1.29, 1.82) is 0 Å². The average molecular weight is 473 g/mol. The lowest BCUT2D eigenvalue weighted by molar-refractivity contribution is 1.18. The van der Waals surface area contributed by atoms with Crippen LogP contribution in [0, 0.1) is 0 Å². The summed E-state index contributed by atoms with van der Waals surface area (Å²) in [4.78, 5) is 9.76. The second-order valence-electron chi connectivity index (χ2n) is 9.84. The highest BCUT2D eigenvalue weighted by Gasteiger charge is 2.30. The Bertz CT molecular complexity index is 2220. The Morgan fingerprint density at radius 3 is 2.35 bits per heavy atom. The van der Waals surface area contributed by atoms with Crippen molar-refractivity contribution in [2.45, 2.75) is 6.42 Å². The Morgan fingerprint density at radius 2 is 1.41 bits per heavy atom. The van der Waals surface area contributed by atoms with E-state index in [2.05, 4.69) is 93.9 Å². The van der Waals surface area contributed by atoms with Crippen LogP contribution in [-0.2, 0) is 6.42 Å². The first kappa shape index (κ1) is 19.3. The zero-order valence-electron chi connectivity index (χ0n) is 19.9. The third kappa shape index (κ3) is 2.33. The molecule has 0 unspecified atom stereocenters. The van der Waals surface area contributed by atoms with Crippen molar-refractivity contribution >= 4 is 49.3 Å². The summed E-state index contributed by atoms with van der Waals surface area (Å²) in [5, 5.41) is 6.18. The lowest BCUT2D eigenvalue weighted by atomic mass is 9.92. The molecule has 0 spiro atoms. The second kappa shape index (κ2) is 6.83. The largest absolute Gasteiger partial charge is 0.309 e. The molecule has 1 aliphatic rings. The zero-order chi connectivity index (χ0) is 24.1. The molecule has 4 nitrogen and oxygen atoms in total. The minimum atomic E-state index is 0.900. The Morgan fingerprint density at radius 1 is 0.622 bits per heavy atom. The molecule has 1 aliphatic carbocycles. The summed E-state index contributed by atoms with van der Waals surface area (Å²) < 4.78 is 4.60. The third-order valence-corrected chi connectivity index (χ3v) is 8.03. The van der Waals surface area contributed by atoms with Crippen LogP contribution < -0.4 is 0 Å². The maximum absolute atomic E-state index is 4.91. The number of hydrogen-bond donors (Lipinski definition) is 0. The summed E-state index contributed by atoms with van der Waals surface area (Å²) >= 11 is 0. The van der Waals surface area contributed by atoms with E-state index in [0.29, 0.717) is 0 Å². The van der Waals surface area contributed by atoms with Crippen LogP contribution in [0.5, 0.6) is 0 Å². The summed E-state index contributed by atoms with van der Waals surface area (Å²) in [7, 11) is 0. The fraction of sp³-hybridized carbons (Fsp3) is 0.0303. The molecule has 0 saturated carbocycles. The third-order valence-electron chi connectivity index (χ3n) is 8.03. The molecule has 172 valence electrons. The van der Waals surface area contributed by atoms with E-state index in [1.807, 2.05) is 24.7 Å². The van der Waals surface area contributed by atoms with E-state index in [1.165, 1.54) is 54.8 Å². The topological polar surface area (TPSA) is 35.1 Å². The molecule has 0 amide bonds. The lowest BCUT2D eigenvalue weighted by Gasteiger charge is -2.16. The molecule has 8 aromatic rings. The Balaban J connectivity index is 1.70. The number of imidazole rings is 1. The number of benzene rings is 4. The van der Waals surface area contributed by atoms with Crippen molar-refractivity contribution in [1.82, 2.24) is 18.9 Å². The molecule has 0 saturated heterocycles. The number of aromatic nitrogens is 4. The highest BCUT2D eigenvalue weighted by atomic mass is 15.0. The number of rotatable bonds is 1. The van der Waals surface area contributed by atoms with Crippen molar-refractivity contribution in [2.24, 2.45) is 0 Å². The van der Waals surface area contributed by atoms with E-state index in [0.717, 1.165) is 28.8 Å². The SMILES string of the molecule is c1ccc(-n2c3ccccc3c3c4c(c5c(c6cccnc6n6ccnc56)c32)Cc2ccccc2-4)cc1. The van der Waals surface area contributed by atoms with E-state index >= 15 is 0 Å². The standard InChI is InChI=1S/C33H20N4/c1-2-10-21(11-3-1)37-26-15-7-6-13-23(26)28-27-22-12-5-4-9-20(22)19-25(27)30-29(31(28)37)24-14-8-16-34-32(24)36-18-17-35-33(30)36/h1-18H,19H2. The van der Waals surface area contributed by atoms with Gasteiger partial charge in [0.2, 0.25) is 0 Å². The monoisotopic (exact) mass is 472 g/mol. The van der Waals surface area contributed by atoms with Crippen LogP contribution in [0.2, 0.25) is 0 Å². The average Bonchev–Trinajstić information content (AvgIpc) is 3.67. The Kier molecular flexibility index (Phi) is 3.55. The number of pyridine rings is 2. The molecular formula is C33H20N4. The van der Waals surface area contributed by atoms with Gasteiger partial charge in [0.05, 0.1) is 11.0 Å². The summed E-state index contributed by atoms with van der Waals surface area (Å²) in [5.74, 6) is 0. The van der Waals surface area contributed by atoms with Gasteiger partial charge >= 0.3 is 0 Å². The van der Waals surface area contributed by atoms with Crippen LogP contribution >= 0.6 is 0 Å². The summed E-state index contributed by atoms with van der Waals surface area (Å²) in [5.41, 5.74) is 10.9. The predicted molar refractivity (Wildman–Crippen MR) is 151 cm³/mol. The normalized spacial score (nSPS) is 12.8. The highest BCUT2D eigenvalue weighted by Crippen LogP contribution is 2.51. The van der Waals surface area contributed by atoms with Gasteiger partial charge in [-0.05, 0) is 59.0 Å². The van der Waals surface area contributed by atoms with Gasteiger partial charge in [0.1, 0.15) is 11.3 Å². The van der Waals surface area contributed by atoms with Gasteiger partial charge in [-0.15, -0.1) is 0 Å². The molecule has 9 rings (SSSR count). The van der Waals surface area contributed by atoms with Gasteiger partial charge in [-0.1, -0.05) is 60.7 Å². The summed E-state index contributed by atoms with van der Waals surface area (Å²) in [6.45, 7) is 0. The maximum Gasteiger partial charge on any atom is 0.146 e. The van der Waals surface area contributed by atoms with Gasteiger partial charge in [-0.2, -0.15) is 0 Å². The van der Waals surface area contributed by atoms with E-state index in [-0.39, 0.29) is 0 Å². The molecule has 0 aliphatic heterocycles. The Hall–Kier alpha value is -4.96. The molecule has 4 heterocycles. The van der Waals surface area contributed by atoms with Gasteiger partial charge in [0.25, 0.3) is 0 Å². The van der Waals surface area contributed by atoms with Gasteiger partial charge in [-0.25, -0.2) is 9.97 Å². The summed E-state index contributed by atoms with van der Waals surface area (Å²) in [6.07, 6.45) is 6.71. The first-order valence-corrected chi connectivity index (χ1v) is 12.7. The molecule has 4 heteroatoms. The molecule has 0 bridgehead atoms. The van der Waals surface area contributed by atoms with Crippen LogP contribution in [0.4, 0.5) is 0 Å². The van der Waals surface area contributed by atoms with Crippen molar-refractivity contribution in [3.05, 3.63) is 121 Å². The van der Waals surface area contributed by atoms with Crippen LogP contribution in [0.25, 0.3) is 66.1 Å². The van der Waals surface area contributed by atoms with Gasteiger partial charge in [0.15, 0.2) is 0 Å². The van der Waals surface area contributed by atoms with E-state index in [1.54, 1.807) is 0 Å². The van der Waals surface area contributed by atoms with E-state index in [9.17, 15) is 0 Å². The molecule has 37 heavy (non-hydrogen) atoms. The van der Waals surface area contributed by atoms with Gasteiger partial charge in [0, 0.05) is 51.2 Å². The van der Waals surface area contributed by atoms with Crippen LogP contribution in [0.1, 0.15) is 11.1 Å². The van der Waals surface area contributed by atoms with Crippen molar-refractivity contribution in [2.75, 3.05) is 0 Å². The highest BCUT2D eigenvalue weighted by molar-refractivity contribution is 6.32. The van der Waals surface area contributed by atoms with Crippen molar-refractivity contribution in [3.63, 3.8) is 0 Å². The smallest absolute Gasteiger partial charge is 0.146 e. The molecule has 0 N–H and O–H groups in total. The number of para-hydroxylation sites is 2. The fourth-order valence-corrected chi connectivity index (χ4v) is 6.66. The number of nitrogens with zero attached hydrogens (tertiary/aromatic N) is 4. The minimum Gasteiger partial charge on any atom is -0.309 e. The molecule has 0 fully saturated rings. The predicted octanol–water partition coefficient (Wildman–Crippen LogP) is 7.70. The quantitative estimate of drug-likeness (QED) is 0.229. The van der Waals surface area contributed by atoms with E-state index in [4.69, 9.17) is 9.97 Å². The van der Waals surface area contributed by atoms with E-state index < -0.39 is 0 Å². The lowest BCUT2D eigenvalue weighted by Crippen LogP contribution is -2.00. The fourth-order valence-electron chi connectivity index (χ4n) is 6.66. The van der Waals surface area contributed by atoms with Crippen LogP contribution in [0.15, 0.2) is 110 Å². The van der Waals surface area contributed by atoms with Crippen LogP contribution in [-0.4, -0.2) is 18.9 Å². The van der Waals surface area contributed by atoms with Crippen molar-refractivity contribution in [3.8, 4) is 16.8 Å². The number of hydrogen-bond acceptors (Lipinski definition) is 2. The number of fused-ring (bicyclic) bond motifs is 15. The molecule has 4 aromatic heterocycles. The van der Waals surface area contributed by atoms with Gasteiger partial charge < -0.3 is 4.57 Å². The second-order valence-corrected chi connectivity index (χ2v) is 9.84. The molecular weight excluding hydrogens is 452 g/mol. The minimum absolute atomic E-state index is 0.900. The molecule has 4 aromatic carbocycles. The first-order chi connectivity index (χ1) is 18.4. The summed E-state index contributed by atoms with van der Waals surface area (Å²) in [6, 6.07) is 32.7. The van der Waals surface area contributed by atoms with Gasteiger partial charge in [-0.3, -0.25) is 4.40 Å².